The van der Waals surface area contributed by atoms with E-state index >= 15 is 0 Å². The van der Waals surface area contributed by atoms with Gasteiger partial charge < -0.3 is 9.64 Å². The summed E-state index contributed by atoms with van der Waals surface area (Å²) in [4.78, 5) is 10.9. The van der Waals surface area contributed by atoms with Crippen LogP contribution in [-0.2, 0) is 14.6 Å². The molecule has 2 aromatic carbocycles. The average Bonchev–Trinajstić information content (AvgIpc) is 2.76. The molecule has 2 heterocycles. The number of nitrogens with zero attached hydrogens (tertiary/aromatic N) is 4. The molecular formula is C20H16Cl2N4O3S. The fourth-order valence-corrected chi connectivity index (χ4v) is 5.44. The second kappa shape index (κ2) is 8.36. The SMILES string of the molecule is N#C[C@@H](c1nc2ccccc2nc1N1CCOCC1)S(=O)(=O)c1cc(Cl)ccc1Cl. The largest absolute Gasteiger partial charge is 0.378 e. The summed E-state index contributed by atoms with van der Waals surface area (Å²) >= 11 is 12.1. The number of nitriles is 1. The average molecular weight is 463 g/mol. The zero-order chi connectivity index (χ0) is 21.3. The van der Waals surface area contributed by atoms with E-state index in [-0.39, 0.29) is 20.6 Å². The third-order valence-electron chi connectivity index (χ3n) is 4.76. The summed E-state index contributed by atoms with van der Waals surface area (Å²) in [5, 5.41) is 8.50. The molecule has 1 aromatic heterocycles. The number of hydrogen-bond acceptors (Lipinski definition) is 7. The van der Waals surface area contributed by atoms with E-state index in [2.05, 4.69) is 9.97 Å². The van der Waals surface area contributed by atoms with E-state index in [1.165, 1.54) is 18.2 Å². The highest BCUT2D eigenvalue weighted by molar-refractivity contribution is 7.92. The molecule has 30 heavy (non-hydrogen) atoms. The van der Waals surface area contributed by atoms with Crippen molar-refractivity contribution in [1.29, 1.82) is 5.26 Å². The lowest BCUT2D eigenvalue weighted by Gasteiger charge is -2.30. The number of ether oxygens (including phenoxy) is 1. The Morgan fingerprint density at radius 1 is 1.07 bits per heavy atom. The molecule has 0 amide bonds. The molecule has 0 spiro atoms. The normalized spacial score (nSPS) is 15.7. The Kier molecular flexibility index (Phi) is 5.80. The molecular weight excluding hydrogens is 447 g/mol. The van der Waals surface area contributed by atoms with Crippen molar-refractivity contribution in [2.24, 2.45) is 0 Å². The molecule has 0 aliphatic carbocycles. The molecule has 0 radical (unpaired) electrons. The van der Waals surface area contributed by atoms with E-state index < -0.39 is 15.1 Å². The van der Waals surface area contributed by atoms with Crippen LogP contribution >= 0.6 is 23.2 Å². The first-order chi connectivity index (χ1) is 14.4. The first kappa shape index (κ1) is 20.8. The fraction of sp³-hybridized carbons (Fsp3) is 0.250. The zero-order valence-corrected chi connectivity index (χ0v) is 18.0. The van der Waals surface area contributed by atoms with Crippen molar-refractivity contribution in [3.05, 3.63) is 58.2 Å². The van der Waals surface area contributed by atoms with Gasteiger partial charge in [0.25, 0.3) is 0 Å². The van der Waals surface area contributed by atoms with E-state index in [1.807, 2.05) is 17.0 Å². The highest BCUT2D eigenvalue weighted by atomic mass is 35.5. The van der Waals surface area contributed by atoms with Crippen molar-refractivity contribution in [2.45, 2.75) is 10.1 Å². The predicted molar refractivity (Wildman–Crippen MR) is 115 cm³/mol. The fourth-order valence-electron chi connectivity index (χ4n) is 3.29. The number of anilines is 1. The number of fused-ring (bicyclic) bond motifs is 1. The molecule has 7 nitrogen and oxygen atoms in total. The summed E-state index contributed by atoms with van der Waals surface area (Å²) in [6.45, 7) is 1.96. The van der Waals surface area contributed by atoms with Gasteiger partial charge in [-0.15, -0.1) is 0 Å². The second-order valence-electron chi connectivity index (χ2n) is 6.65. The van der Waals surface area contributed by atoms with Gasteiger partial charge in [0.2, 0.25) is 9.84 Å². The number of halogens is 2. The summed E-state index contributed by atoms with van der Waals surface area (Å²) in [5.74, 6) is 0.352. The zero-order valence-electron chi connectivity index (χ0n) is 15.6. The summed E-state index contributed by atoms with van der Waals surface area (Å²) in [6, 6.07) is 13.1. The maximum Gasteiger partial charge on any atom is 0.202 e. The minimum absolute atomic E-state index is 0.0127. The van der Waals surface area contributed by atoms with Crippen LogP contribution in [-0.4, -0.2) is 44.7 Å². The van der Waals surface area contributed by atoms with Crippen LogP contribution in [0.25, 0.3) is 11.0 Å². The van der Waals surface area contributed by atoms with E-state index in [4.69, 9.17) is 27.9 Å². The number of hydrogen-bond donors (Lipinski definition) is 0. The van der Waals surface area contributed by atoms with Gasteiger partial charge in [0.05, 0.1) is 40.2 Å². The Labute approximate surface area is 183 Å². The van der Waals surface area contributed by atoms with Gasteiger partial charge in [-0.1, -0.05) is 35.3 Å². The topological polar surface area (TPSA) is 96.2 Å². The Morgan fingerprint density at radius 2 is 1.73 bits per heavy atom. The van der Waals surface area contributed by atoms with E-state index in [9.17, 15) is 13.7 Å². The standard InChI is InChI=1S/C20H16Cl2N4O3S/c21-13-5-6-14(22)17(11-13)30(27,28)18(12-23)19-20(26-7-9-29-10-8-26)25-16-4-2-1-3-15(16)24-19/h1-6,11,18H,7-10H2/t18-/m0/s1. The summed E-state index contributed by atoms with van der Waals surface area (Å²) < 4.78 is 32.3. The molecule has 1 aliphatic rings. The maximum atomic E-state index is 13.4. The highest BCUT2D eigenvalue weighted by Crippen LogP contribution is 2.37. The smallest absolute Gasteiger partial charge is 0.202 e. The first-order valence-electron chi connectivity index (χ1n) is 9.10. The molecule has 0 N–H and O–H groups in total. The summed E-state index contributed by atoms with van der Waals surface area (Å²) in [7, 11) is -4.23. The molecule has 1 aliphatic heterocycles. The molecule has 1 atom stereocenters. The van der Waals surface area contributed by atoms with Crippen LogP contribution in [0.2, 0.25) is 10.0 Å². The lowest BCUT2D eigenvalue weighted by atomic mass is 10.2. The van der Waals surface area contributed by atoms with Crippen LogP contribution in [0.4, 0.5) is 5.82 Å². The molecule has 10 heteroatoms. The number of morpholine rings is 1. The van der Waals surface area contributed by atoms with Crippen LogP contribution in [0.3, 0.4) is 0 Å². The van der Waals surface area contributed by atoms with Crippen molar-refractivity contribution in [3.8, 4) is 6.07 Å². The third-order valence-corrected chi connectivity index (χ3v) is 7.34. The third kappa shape index (κ3) is 3.82. The Balaban J connectivity index is 1.93. The van der Waals surface area contributed by atoms with Gasteiger partial charge in [-0.05, 0) is 30.3 Å². The van der Waals surface area contributed by atoms with Gasteiger partial charge >= 0.3 is 0 Å². The van der Waals surface area contributed by atoms with Crippen molar-refractivity contribution in [3.63, 3.8) is 0 Å². The van der Waals surface area contributed by atoms with E-state index in [0.29, 0.717) is 43.2 Å². The lowest BCUT2D eigenvalue weighted by Crippen LogP contribution is -2.38. The lowest BCUT2D eigenvalue weighted by molar-refractivity contribution is 0.122. The minimum Gasteiger partial charge on any atom is -0.378 e. The van der Waals surface area contributed by atoms with Gasteiger partial charge in [0, 0.05) is 18.1 Å². The molecule has 4 rings (SSSR count). The van der Waals surface area contributed by atoms with Gasteiger partial charge in [-0.25, -0.2) is 18.4 Å². The summed E-state index contributed by atoms with van der Waals surface area (Å²) in [6.07, 6.45) is 0. The van der Waals surface area contributed by atoms with Crippen LogP contribution < -0.4 is 4.90 Å². The van der Waals surface area contributed by atoms with Crippen molar-refractivity contribution in [1.82, 2.24) is 9.97 Å². The van der Waals surface area contributed by atoms with Crippen LogP contribution in [0.1, 0.15) is 10.9 Å². The van der Waals surface area contributed by atoms with E-state index in [0.717, 1.165) is 0 Å². The molecule has 1 fully saturated rings. The number of benzene rings is 2. The quantitative estimate of drug-likeness (QED) is 0.581. The van der Waals surface area contributed by atoms with Crippen LogP contribution in [0.15, 0.2) is 47.4 Å². The number of aromatic nitrogens is 2. The number of para-hydroxylation sites is 2. The molecule has 154 valence electrons. The van der Waals surface area contributed by atoms with Crippen molar-refractivity contribution >= 4 is 49.9 Å². The van der Waals surface area contributed by atoms with Crippen LogP contribution in [0.5, 0.6) is 0 Å². The van der Waals surface area contributed by atoms with E-state index in [1.54, 1.807) is 18.2 Å². The maximum absolute atomic E-state index is 13.4. The monoisotopic (exact) mass is 462 g/mol. The van der Waals surface area contributed by atoms with Gasteiger partial charge in [-0.3, -0.25) is 0 Å². The molecule has 0 saturated carbocycles. The van der Waals surface area contributed by atoms with Crippen molar-refractivity contribution < 1.29 is 13.2 Å². The molecule has 0 bridgehead atoms. The molecule has 3 aromatic rings. The predicted octanol–water partition coefficient (Wildman–Crippen LogP) is 3.81. The Bertz CT molecular complexity index is 1250. The highest BCUT2D eigenvalue weighted by Gasteiger charge is 2.36. The van der Waals surface area contributed by atoms with Gasteiger partial charge in [0.1, 0.15) is 5.69 Å². The Hall–Kier alpha value is -2.44. The second-order valence-corrected chi connectivity index (χ2v) is 9.49. The van der Waals surface area contributed by atoms with Gasteiger partial charge in [-0.2, -0.15) is 5.26 Å². The molecule has 0 unspecified atom stereocenters. The Morgan fingerprint density at radius 3 is 2.40 bits per heavy atom. The summed E-state index contributed by atoms with van der Waals surface area (Å²) in [5.41, 5.74) is 1.17. The van der Waals surface area contributed by atoms with Crippen LogP contribution in [0, 0.1) is 11.3 Å². The molecule has 1 saturated heterocycles. The first-order valence-corrected chi connectivity index (χ1v) is 11.4. The number of rotatable bonds is 4. The van der Waals surface area contributed by atoms with Crippen molar-refractivity contribution in [2.75, 3.05) is 31.2 Å². The number of sulfone groups is 1. The minimum atomic E-state index is -4.23. The van der Waals surface area contributed by atoms with Gasteiger partial charge in [0.15, 0.2) is 11.1 Å².